The highest BCUT2D eigenvalue weighted by Gasteiger charge is 2.07. The maximum Gasteiger partial charge on any atom is 0.134 e. The summed E-state index contributed by atoms with van der Waals surface area (Å²) in [5.74, 6) is 0.433. The third-order valence-corrected chi connectivity index (χ3v) is 3.73. The number of aliphatic imine (C=N–C) groups is 1. The number of nitrogens with one attached hydrogen (secondary N) is 2. The first-order valence-electron chi connectivity index (χ1n) is 7.58. The number of nitrogens with zero attached hydrogens (tertiary/aromatic N) is 1. The third-order valence-electron chi connectivity index (χ3n) is 3.73. The first-order chi connectivity index (χ1) is 11.6. The standard InChI is InChI=1S/C18H18N4O2/c19-17(22-14-4-2-1-3-5-14)12-6-7-16-15(10-12)13(11-21-16)8-9-20-18(23)24/h1-7,10-11,20-21H,8-9H2,(H2,19,22)(H,23,24)/p-1. The monoisotopic (exact) mass is 321 g/mol. The fourth-order valence-electron chi connectivity index (χ4n) is 2.55. The number of rotatable bonds is 5. The molecule has 2 aromatic carbocycles. The fraction of sp³-hybridized carbons (Fsp3) is 0.111. The summed E-state index contributed by atoms with van der Waals surface area (Å²) in [4.78, 5) is 18.0. The van der Waals surface area contributed by atoms with Gasteiger partial charge in [-0.2, -0.15) is 0 Å². The molecular formula is C18H17N4O2-. The Bertz CT molecular complexity index is 884. The molecule has 0 saturated heterocycles. The lowest BCUT2D eigenvalue weighted by Crippen LogP contribution is -2.37. The molecule has 1 aromatic heterocycles. The quantitative estimate of drug-likeness (QED) is 0.491. The molecule has 24 heavy (non-hydrogen) atoms. The van der Waals surface area contributed by atoms with Crippen LogP contribution in [0, 0.1) is 0 Å². The Hall–Kier alpha value is -3.28. The van der Waals surface area contributed by atoms with E-state index in [1.165, 1.54) is 0 Å². The van der Waals surface area contributed by atoms with Gasteiger partial charge in [0, 0.05) is 29.2 Å². The minimum Gasteiger partial charge on any atom is -0.530 e. The molecule has 3 aromatic rings. The van der Waals surface area contributed by atoms with Crippen LogP contribution < -0.4 is 16.2 Å². The normalized spacial score (nSPS) is 11.6. The van der Waals surface area contributed by atoms with E-state index in [0.29, 0.717) is 18.8 Å². The van der Waals surface area contributed by atoms with Crippen LogP contribution in [0.25, 0.3) is 10.9 Å². The van der Waals surface area contributed by atoms with Crippen LogP contribution in [-0.4, -0.2) is 23.5 Å². The number of carbonyl (C=O) groups excluding carboxylic acids is 1. The van der Waals surface area contributed by atoms with Gasteiger partial charge < -0.3 is 25.9 Å². The predicted octanol–water partition coefficient (Wildman–Crippen LogP) is 1.68. The van der Waals surface area contributed by atoms with Gasteiger partial charge in [0.2, 0.25) is 0 Å². The average molecular weight is 321 g/mol. The third kappa shape index (κ3) is 3.55. The minimum atomic E-state index is -1.27. The Morgan fingerprint density at radius 2 is 2.00 bits per heavy atom. The average Bonchev–Trinajstić information content (AvgIpc) is 2.98. The number of amidine groups is 1. The van der Waals surface area contributed by atoms with Gasteiger partial charge in [-0.05, 0) is 42.3 Å². The van der Waals surface area contributed by atoms with E-state index in [0.717, 1.165) is 27.7 Å². The Kier molecular flexibility index (Phi) is 4.47. The maximum absolute atomic E-state index is 10.4. The smallest absolute Gasteiger partial charge is 0.134 e. The van der Waals surface area contributed by atoms with E-state index in [-0.39, 0.29) is 0 Å². The van der Waals surface area contributed by atoms with Gasteiger partial charge in [0.05, 0.1) is 5.69 Å². The van der Waals surface area contributed by atoms with Gasteiger partial charge >= 0.3 is 0 Å². The van der Waals surface area contributed by atoms with E-state index in [4.69, 9.17) is 5.73 Å². The summed E-state index contributed by atoms with van der Waals surface area (Å²) in [7, 11) is 0. The van der Waals surface area contributed by atoms with Crippen molar-refractivity contribution in [2.75, 3.05) is 6.54 Å². The molecule has 0 fully saturated rings. The lowest BCUT2D eigenvalue weighted by molar-refractivity contribution is -0.250. The molecule has 0 atom stereocenters. The van der Waals surface area contributed by atoms with Crippen molar-refractivity contribution in [3.63, 3.8) is 0 Å². The number of hydrogen-bond donors (Lipinski definition) is 3. The van der Waals surface area contributed by atoms with Crippen LogP contribution >= 0.6 is 0 Å². The number of benzene rings is 2. The van der Waals surface area contributed by atoms with E-state index in [2.05, 4.69) is 15.3 Å². The number of para-hydroxylation sites is 1. The molecule has 0 saturated carbocycles. The first-order valence-corrected chi connectivity index (χ1v) is 7.58. The van der Waals surface area contributed by atoms with Crippen molar-refractivity contribution in [3.05, 3.63) is 65.9 Å². The van der Waals surface area contributed by atoms with Crippen LogP contribution in [-0.2, 0) is 6.42 Å². The molecule has 3 rings (SSSR count). The summed E-state index contributed by atoms with van der Waals surface area (Å²) in [5, 5.41) is 13.7. The zero-order valence-corrected chi connectivity index (χ0v) is 13.0. The Morgan fingerprint density at radius 1 is 1.21 bits per heavy atom. The van der Waals surface area contributed by atoms with Gasteiger partial charge in [-0.1, -0.05) is 18.2 Å². The van der Waals surface area contributed by atoms with E-state index < -0.39 is 6.09 Å². The molecule has 0 spiro atoms. The molecule has 1 heterocycles. The zero-order chi connectivity index (χ0) is 16.9. The molecule has 6 nitrogen and oxygen atoms in total. The summed E-state index contributed by atoms with van der Waals surface area (Å²) < 4.78 is 0. The summed E-state index contributed by atoms with van der Waals surface area (Å²) in [6.45, 7) is 0.299. The van der Waals surface area contributed by atoms with Gasteiger partial charge in [0.25, 0.3) is 0 Å². The van der Waals surface area contributed by atoms with Crippen molar-refractivity contribution in [1.82, 2.24) is 10.3 Å². The minimum absolute atomic E-state index is 0.299. The number of nitrogens with two attached hydrogens (primary N) is 1. The molecule has 0 bridgehead atoms. The number of hydrogen-bond acceptors (Lipinski definition) is 3. The van der Waals surface area contributed by atoms with Crippen molar-refractivity contribution in [2.24, 2.45) is 10.7 Å². The van der Waals surface area contributed by atoms with Crippen LogP contribution in [0.15, 0.2) is 59.7 Å². The van der Waals surface area contributed by atoms with Crippen molar-refractivity contribution < 1.29 is 9.90 Å². The lowest BCUT2D eigenvalue weighted by atomic mass is 10.1. The van der Waals surface area contributed by atoms with Crippen molar-refractivity contribution in [3.8, 4) is 0 Å². The van der Waals surface area contributed by atoms with Crippen molar-refractivity contribution in [2.45, 2.75) is 6.42 Å². The molecule has 0 unspecified atom stereocenters. The van der Waals surface area contributed by atoms with Crippen molar-refractivity contribution >= 4 is 28.5 Å². The zero-order valence-electron chi connectivity index (χ0n) is 13.0. The maximum atomic E-state index is 10.4. The van der Waals surface area contributed by atoms with Crippen LogP contribution in [0.1, 0.15) is 11.1 Å². The Labute approximate surface area is 139 Å². The molecule has 0 radical (unpaired) electrons. The largest absolute Gasteiger partial charge is 0.530 e. The number of fused-ring (bicyclic) bond motifs is 1. The first kappa shape index (κ1) is 15.6. The Morgan fingerprint density at radius 3 is 2.75 bits per heavy atom. The predicted molar refractivity (Wildman–Crippen MR) is 92.2 cm³/mol. The molecule has 4 N–H and O–H groups in total. The molecular weight excluding hydrogens is 304 g/mol. The number of amides is 1. The highest BCUT2D eigenvalue weighted by molar-refractivity contribution is 6.02. The fourth-order valence-corrected chi connectivity index (χ4v) is 2.55. The van der Waals surface area contributed by atoms with Gasteiger partial charge in [-0.25, -0.2) is 4.99 Å². The topological polar surface area (TPSA) is 106 Å². The van der Waals surface area contributed by atoms with E-state index in [9.17, 15) is 9.90 Å². The highest BCUT2D eigenvalue weighted by Crippen LogP contribution is 2.21. The van der Waals surface area contributed by atoms with E-state index >= 15 is 0 Å². The summed E-state index contributed by atoms with van der Waals surface area (Å²) in [6, 6.07) is 15.3. The van der Waals surface area contributed by atoms with Gasteiger partial charge in [0.1, 0.15) is 11.9 Å². The Balaban J connectivity index is 1.87. The molecule has 0 aliphatic heterocycles. The van der Waals surface area contributed by atoms with E-state index in [1.807, 2.05) is 54.7 Å². The van der Waals surface area contributed by atoms with Crippen LogP contribution in [0.2, 0.25) is 0 Å². The molecule has 0 aliphatic rings. The second-order valence-electron chi connectivity index (χ2n) is 5.37. The van der Waals surface area contributed by atoms with Gasteiger partial charge in [0.15, 0.2) is 0 Å². The molecule has 122 valence electrons. The summed E-state index contributed by atoms with van der Waals surface area (Å²) in [5.41, 5.74) is 9.71. The number of H-pyrrole nitrogens is 1. The number of carboxylic acid groups (broad SMARTS) is 1. The lowest BCUT2D eigenvalue weighted by Gasteiger charge is -2.06. The molecule has 6 heteroatoms. The number of carbonyl (C=O) groups is 1. The molecule has 1 amide bonds. The van der Waals surface area contributed by atoms with Crippen molar-refractivity contribution in [1.29, 1.82) is 0 Å². The second kappa shape index (κ2) is 6.87. The van der Waals surface area contributed by atoms with Crippen LogP contribution in [0.3, 0.4) is 0 Å². The van der Waals surface area contributed by atoms with Crippen LogP contribution in [0.4, 0.5) is 10.5 Å². The number of aromatic amines is 1. The molecule has 0 aliphatic carbocycles. The second-order valence-corrected chi connectivity index (χ2v) is 5.37. The van der Waals surface area contributed by atoms with Crippen LogP contribution in [0.5, 0.6) is 0 Å². The summed E-state index contributed by atoms with van der Waals surface area (Å²) >= 11 is 0. The number of aromatic nitrogens is 1. The highest BCUT2D eigenvalue weighted by atomic mass is 16.4. The van der Waals surface area contributed by atoms with E-state index in [1.54, 1.807) is 0 Å². The SMILES string of the molecule is NC(=Nc1ccccc1)c1ccc2[nH]cc(CCNC(=O)[O-])c2c1. The van der Waals surface area contributed by atoms with Gasteiger partial charge in [-0.3, -0.25) is 0 Å². The van der Waals surface area contributed by atoms with Gasteiger partial charge in [-0.15, -0.1) is 0 Å². The summed E-state index contributed by atoms with van der Waals surface area (Å²) in [6.07, 6.45) is 1.16.